The molecule has 1 aromatic heterocycles. The summed E-state index contributed by atoms with van der Waals surface area (Å²) in [6, 6.07) is 11.2. The number of hydrogen-bond acceptors (Lipinski definition) is 11. The van der Waals surface area contributed by atoms with E-state index in [1.54, 1.807) is 14.2 Å². The lowest BCUT2D eigenvalue weighted by Crippen LogP contribution is -2.36. The molecule has 200 valence electrons. The number of benzene rings is 2. The molecule has 2 heterocycles. The van der Waals surface area contributed by atoms with Crippen LogP contribution in [0.4, 0.5) is 5.69 Å². The van der Waals surface area contributed by atoms with E-state index in [1.807, 2.05) is 51.9 Å². The molecule has 0 aliphatic carbocycles. The van der Waals surface area contributed by atoms with Crippen LogP contribution in [0.1, 0.15) is 17.8 Å². The van der Waals surface area contributed by atoms with Crippen LogP contribution in [0.15, 0.2) is 46.3 Å². The van der Waals surface area contributed by atoms with E-state index in [0.29, 0.717) is 24.6 Å². The lowest BCUT2D eigenvalue weighted by molar-refractivity contribution is -0.668. The summed E-state index contributed by atoms with van der Waals surface area (Å²) in [4.78, 5) is 2.90. The molecule has 0 saturated carbocycles. The number of thiazole rings is 1. The Morgan fingerprint density at radius 1 is 0.946 bits per heavy atom. The van der Waals surface area contributed by atoms with Gasteiger partial charge in [-0.15, -0.1) is 0 Å². The van der Waals surface area contributed by atoms with E-state index < -0.39 is 31.7 Å². The number of methoxy groups -OCH3 is 2. The van der Waals surface area contributed by atoms with Gasteiger partial charge in [0, 0.05) is 35.4 Å². The van der Waals surface area contributed by atoms with Gasteiger partial charge >= 0.3 is 0 Å². The molecule has 1 aliphatic heterocycles. The maximum Gasteiger partial charge on any atom is 0.265 e. The zero-order chi connectivity index (χ0) is 26.8. The molecule has 4 rings (SSSR count). The summed E-state index contributed by atoms with van der Waals surface area (Å²) < 4.78 is 80.8. The molecule has 0 saturated heterocycles. The van der Waals surface area contributed by atoms with Gasteiger partial charge in [-0.2, -0.15) is 4.57 Å². The summed E-state index contributed by atoms with van der Waals surface area (Å²) >= 11 is 2.99. The minimum absolute atomic E-state index is 0.144. The zero-order valence-corrected chi connectivity index (χ0v) is 23.3. The number of aromatic nitrogens is 1. The van der Waals surface area contributed by atoms with E-state index in [9.17, 15) is 25.9 Å². The van der Waals surface area contributed by atoms with Crippen LogP contribution in [-0.4, -0.2) is 58.2 Å². The first-order chi connectivity index (χ1) is 17.5. The largest absolute Gasteiger partial charge is 0.748 e. The van der Waals surface area contributed by atoms with Crippen molar-refractivity contribution in [3.05, 3.63) is 46.4 Å². The number of aryl methyl sites for hydroxylation is 1. The molecule has 1 aliphatic rings. The number of nitrogens with zero attached hydrogens (tertiary/aromatic N) is 2. The molecule has 3 aromatic rings. The van der Waals surface area contributed by atoms with Crippen LogP contribution in [-0.2, 0) is 26.8 Å². The number of rotatable bonds is 11. The van der Waals surface area contributed by atoms with Crippen molar-refractivity contribution in [2.24, 2.45) is 0 Å². The van der Waals surface area contributed by atoms with Gasteiger partial charge in [0.05, 0.1) is 57.3 Å². The second-order valence-electron chi connectivity index (χ2n) is 8.23. The van der Waals surface area contributed by atoms with Gasteiger partial charge in [-0.05, 0) is 30.7 Å². The standard InChI is InChI=1S/C23H26N2O8S4/c1-32-16-5-7-20-18(13-16)24(9-3-11-36(26,27)28)22(34-20)15-23-25(10-4-12-37(29,30)31)19-14-17(33-2)6-8-21(19)35-23/h5-8,13-15H,3-4,9-12H2,1-2H3,(H-,26,27,28,29,30,31)/p-1. The Morgan fingerprint density at radius 3 is 2.27 bits per heavy atom. The highest BCUT2D eigenvalue weighted by atomic mass is 32.2. The fraction of sp³-hybridized carbons (Fsp3) is 0.348. The molecule has 0 atom stereocenters. The van der Waals surface area contributed by atoms with Crippen LogP contribution in [0.5, 0.6) is 11.5 Å². The van der Waals surface area contributed by atoms with Gasteiger partial charge < -0.3 is 23.5 Å². The molecule has 2 aromatic carbocycles. The van der Waals surface area contributed by atoms with Crippen molar-refractivity contribution in [2.75, 3.05) is 37.2 Å². The lowest BCUT2D eigenvalue weighted by Gasteiger charge is -2.21. The minimum atomic E-state index is -4.35. The Labute approximate surface area is 224 Å². The van der Waals surface area contributed by atoms with Crippen molar-refractivity contribution in [3.63, 3.8) is 0 Å². The summed E-state index contributed by atoms with van der Waals surface area (Å²) in [5.74, 6) is 0.329. The number of thioether (sulfide) groups is 1. The van der Waals surface area contributed by atoms with Crippen molar-refractivity contribution in [3.8, 4) is 11.5 Å². The molecule has 10 nitrogen and oxygen atoms in total. The van der Waals surface area contributed by atoms with Crippen LogP contribution in [0.25, 0.3) is 16.3 Å². The molecule has 0 bridgehead atoms. The van der Waals surface area contributed by atoms with Crippen molar-refractivity contribution in [2.45, 2.75) is 24.3 Å². The van der Waals surface area contributed by atoms with Crippen LogP contribution >= 0.6 is 23.1 Å². The molecule has 37 heavy (non-hydrogen) atoms. The molecule has 0 radical (unpaired) electrons. The quantitative estimate of drug-likeness (QED) is 0.244. The van der Waals surface area contributed by atoms with E-state index in [-0.39, 0.29) is 12.8 Å². The summed E-state index contributed by atoms with van der Waals surface area (Å²) in [6.07, 6.45) is 2.24. The normalized spacial score (nSPS) is 14.9. The van der Waals surface area contributed by atoms with Gasteiger partial charge in [0.25, 0.3) is 5.01 Å². The molecule has 0 amide bonds. The van der Waals surface area contributed by atoms with E-state index >= 15 is 0 Å². The predicted molar refractivity (Wildman–Crippen MR) is 141 cm³/mol. The first kappa shape index (κ1) is 27.7. The fourth-order valence-electron chi connectivity index (χ4n) is 4.00. The number of fused-ring (bicyclic) bond motifs is 2. The molecule has 0 unspecified atom stereocenters. The third kappa shape index (κ3) is 6.94. The van der Waals surface area contributed by atoms with Gasteiger partial charge in [0.2, 0.25) is 5.52 Å². The average Bonchev–Trinajstić information content (AvgIpc) is 3.34. The zero-order valence-electron chi connectivity index (χ0n) is 20.1. The topological polar surface area (TPSA) is 140 Å². The molecular weight excluding hydrogens is 561 g/mol. The third-order valence-electron chi connectivity index (χ3n) is 5.67. The van der Waals surface area contributed by atoms with Gasteiger partial charge in [0.1, 0.15) is 16.2 Å². The predicted octanol–water partition coefficient (Wildman–Crippen LogP) is 2.99. The second kappa shape index (κ2) is 11.2. The monoisotopic (exact) mass is 585 g/mol. The van der Waals surface area contributed by atoms with Crippen molar-refractivity contribution < 1.29 is 40.0 Å². The van der Waals surface area contributed by atoms with E-state index in [1.165, 1.54) is 23.1 Å². The van der Waals surface area contributed by atoms with Crippen molar-refractivity contribution in [1.82, 2.24) is 0 Å². The Bertz CT molecular complexity index is 1550. The van der Waals surface area contributed by atoms with Gasteiger partial charge in [0.15, 0.2) is 6.54 Å². The smallest absolute Gasteiger partial charge is 0.265 e. The maximum atomic E-state index is 11.2. The highest BCUT2D eigenvalue weighted by Crippen LogP contribution is 2.48. The molecule has 14 heteroatoms. The Balaban J connectivity index is 1.75. The minimum Gasteiger partial charge on any atom is -0.748 e. The fourth-order valence-corrected chi connectivity index (χ4v) is 7.25. The summed E-state index contributed by atoms with van der Waals surface area (Å²) in [7, 11) is -5.58. The van der Waals surface area contributed by atoms with Gasteiger partial charge in [-0.3, -0.25) is 0 Å². The molecular formula is C23H25N2O8S4-. The Kier molecular flexibility index (Phi) is 8.35. The SMILES string of the molecule is COc1ccc2c(c1)N(CCCS(=O)(=O)[O-])C(=Cc1sc3ccc(OC)cc3[n+]1CCCS(=O)(=O)[O-])S2. The Hall–Kier alpha value is -2.36. The second-order valence-corrected chi connectivity index (χ2v) is 13.4. The third-order valence-corrected chi connectivity index (χ3v) is 9.48. The number of anilines is 1. The van der Waals surface area contributed by atoms with Crippen LogP contribution in [0, 0.1) is 0 Å². The number of ether oxygens (including phenoxy) is 2. The van der Waals surface area contributed by atoms with Crippen molar-refractivity contribution >= 4 is 65.3 Å². The molecule has 0 fully saturated rings. The van der Waals surface area contributed by atoms with E-state index in [2.05, 4.69) is 0 Å². The number of hydrogen-bond donors (Lipinski definition) is 0. The first-order valence-corrected chi connectivity index (χ1v) is 16.0. The summed E-state index contributed by atoms with van der Waals surface area (Å²) in [5.41, 5.74) is 1.68. The summed E-state index contributed by atoms with van der Waals surface area (Å²) in [6.45, 7) is 0.598. The van der Waals surface area contributed by atoms with Gasteiger partial charge in [-0.25, -0.2) is 16.8 Å². The van der Waals surface area contributed by atoms with E-state index in [4.69, 9.17) is 9.47 Å². The van der Waals surface area contributed by atoms with Crippen LogP contribution in [0.2, 0.25) is 0 Å². The van der Waals surface area contributed by atoms with E-state index in [0.717, 1.165) is 30.8 Å². The van der Waals surface area contributed by atoms with Crippen LogP contribution in [0.3, 0.4) is 0 Å². The lowest BCUT2D eigenvalue weighted by atomic mass is 10.2. The highest BCUT2D eigenvalue weighted by molar-refractivity contribution is 8.04. The Morgan fingerprint density at radius 2 is 1.59 bits per heavy atom. The maximum absolute atomic E-state index is 11.2. The highest BCUT2D eigenvalue weighted by Gasteiger charge is 2.28. The van der Waals surface area contributed by atoms with Gasteiger partial charge in [-0.1, -0.05) is 23.1 Å². The molecule has 0 N–H and O–H groups in total. The molecule has 0 spiro atoms. The first-order valence-electron chi connectivity index (χ1n) is 11.2. The summed E-state index contributed by atoms with van der Waals surface area (Å²) in [5, 5.41) is 1.63. The average molecular weight is 586 g/mol. The van der Waals surface area contributed by atoms with Crippen LogP contribution < -0.4 is 18.9 Å². The van der Waals surface area contributed by atoms with Crippen molar-refractivity contribution in [1.29, 1.82) is 0 Å².